The molecule has 1 aromatic carbocycles. The standard InChI is InChI=1S/C14H18ClNO4S/c1-20-14(17)12-7-9-16(10-12)21(18,19)13-4-2-11(3-5-13)6-8-15/h2-5,12H,6-10H2,1H3. The van der Waals surface area contributed by atoms with E-state index in [0.29, 0.717) is 25.3 Å². The van der Waals surface area contributed by atoms with E-state index in [0.717, 1.165) is 5.56 Å². The van der Waals surface area contributed by atoms with Crippen LogP contribution in [0.4, 0.5) is 0 Å². The maximum Gasteiger partial charge on any atom is 0.310 e. The van der Waals surface area contributed by atoms with Crippen LogP contribution in [0.3, 0.4) is 0 Å². The van der Waals surface area contributed by atoms with Crippen molar-refractivity contribution in [2.45, 2.75) is 17.7 Å². The molecule has 0 aliphatic carbocycles. The van der Waals surface area contributed by atoms with Crippen molar-refractivity contribution in [2.75, 3.05) is 26.1 Å². The number of aryl methyl sites for hydroxylation is 1. The molecule has 1 atom stereocenters. The van der Waals surface area contributed by atoms with Crippen LogP contribution in [0.1, 0.15) is 12.0 Å². The summed E-state index contributed by atoms with van der Waals surface area (Å²) in [7, 11) is -2.24. The Labute approximate surface area is 129 Å². The number of halogens is 1. The number of alkyl halides is 1. The molecule has 0 spiro atoms. The third-order valence-electron chi connectivity index (χ3n) is 3.63. The number of nitrogens with zero attached hydrogens (tertiary/aromatic N) is 1. The second-order valence-corrected chi connectivity index (χ2v) is 7.27. The zero-order chi connectivity index (χ0) is 15.5. The van der Waals surface area contributed by atoms with Gasteiger partial charge < -0.3 is 4.74 Å². The number of hydrogen-bond donors (Lipinski definition) is 0. The van der Waals surface area contributed by atoms with E-state index in [4.69, 9.17) is 11.6 Å². The molecule has 1 aromatic rings. The molecular weight excluding hydrogens is 314 g/mol. The number of carbonyl (C=O) groups is 1. The van der Waals surface area contributed by atoms with Crippen molar-refractivity contribution >= 4 is 27.6 Å². The molecule has 0 N–H and O–H groups in total. The van der Waals surface area contributed by atoms with Gasteiger partial charge in [0.05, 0.1) is 17.9 Å². The number of sulfonamides is 1. The van der Waals surface area contributed by atoms with Crippen LogP contribution in [0.15, 0.2) is 29.2 Å². The average molecular weight is 332 g/mol. The van der Waals surface area contributed by atoms with E-state index < -0.39 is 10.0 Å². The molecular formula is C14H18ClNO4S. The molecule has 0 bridgehead atoms. The summed E-state index contributed by atoms with van der Waals surface area (Å²) in [6, 6.07) is 6.71. The second-order valence-electron chi connectivity index (χ2n) is 4.95. The van der Waals surface area contributed by atoms with Crippen molar-refractivity contribution in [1.29, 1.82) is 0 Å². The van der Waals surface area contributed by atoms with Gasteiger partial charge in [0.2, 0.25) is 10.0 Å². The number of carbonyl (C=O) groups excluding carboxylic acids is 1. The van der Waals surface area contributed by atoms with Gasteiger partial charge in [0.15, 0.2) is 0 Å². The van der Waals surface area contributed by atoms with Gasteiger partial charge in [-0.2, -0.15) is 4.31 Å². The lowest BCUT2D eigenvalue weighted by molar-refractivity contribution is -0.144. The minimum atomic E-state index is -3.55. The van der Waals surface area contributed by atoms with E-state index in [-0.39, 0.29) is 23.3 Å². The highest BCUT2D eigenvalue weighted by Gasteiger charge is 2.36. The van der Waals surface area contributed by atoms with Gasteiger partial charge in [-0.3, -0.25) is 4.79 Å². The zero-order valence-corrected chi connectivity index (χ0v) is 13.4. The largest absolute Gasteiger partial charge is 0.469 e. The van der Waals surface area contributed by atoms with Gasteiger partial charge in [0.25, 0.3) is 0 Å². The normalized spacial score (nSPS) is 19.6. The number of benzene rings is 1. The molecule has 2 rings (SSSR count). The van der Waals surface area contributed by atoms with Gasteiger partial charge in [0.1, 0.15) is 0 Å². The molecule has 1 aliphatic heterocycles. The first-order valence-electron chi connectivity index (χ1n) is 6.72. The number of ether oxygens (including phenoxy) is 1. The van der Waals surface area contributed by atoms with Gasteiger partial charge in [-0.05, 0) is 30.5 Å². The lowest BCUT2D eigenvalue weighted by Crippen LogP contribution is -2.30. The fourth-order valence-electron chi connectivity index (χ4n) is 2.39. The Morgan fingerprint density at radius 3 is 2.62 bits per heavy atom. The van der Waals surface area contributed by atoms with Crippen LogP contribution in [0.2, 0.25) is 0 Å². The zero-order valence-electron chi connectivity index (χ0n) is 11.8. The molecule has 0 amide bonds. The Morgan fingerprint density at radius 1 is 1.38 bits per heavy atom. The van der Waals surface area contributed by atoms with Crippen LogP contribution in [-0.2, 0) is 26.0 Å². The first-order valence-corrected chi connectivity index (χ1v) is 8.69. The van der Waals surface area contributed by atoms with Crippen molar-refractivity contribution in [3.8, 4) is 0 Å². The first-order chi connectivity index (χ1) is 9.98. The van der Waals surface area contributed by atoms with Crippen molar-refractivity contribution in [1.82, 2.24) is 4.31 Å². The Bertz CT molecular complexity index is 600. The predicted molar refractivity (Wildman–Crippen MR) is 79.7 cm³/mol. The molecule has 7 heteroatoms. The van der Waals surface area contributed by atoms with E-state index in [9.17, 15) is 13.2 Å². The van der Waals surface area contributed by atoms with Crippen LogP contribution < -0.4 is 0 Å². The molecule has 1 saturated heterocycles. The van der Waals surface area contributed by atoms with Gasteiger partial charge >= 0.3 is 5.97 Å². The molecule has 5 nitrogen and oxygen atoms in total. The summed E-state index contributed by atoms with van der Waals surface area (Å²) in [5.41, 5.74) is 0.998. The van der Waals surface area contributed by atoms with Crippen molar-refractivity contribution < 1.29 is 17.9 Å². The lowest BCUT2D eigenvalue weighted by atomic mass is 10.1. The van der Waals surface area contributed by atoms with E-state index in [1.807, 2.05) is 0 Å². The summed E-state index contributed by atoms with van der Waals surface area (Å²) in [5.74, 6) is -0.232. The highest BCUT2D eigenvalue weighted by molar-refractivity contribution is 7.89. The molecule has 116 valence electrons. The quantitative estimate of drug-likeness (QED) is 0.608. The monoisotopic (exact) mass is 331 g/mol. The van der Waals surface area contributed by atoms with E-state index in [2.05, 4.69) is 4.74 Å². The van der Waals surface area contributed by atoms with Gasteiger partial charge in [-0.1, -0.05) is 12.1 Å². The predicted octanol–water partition coefficient (Wildman–Crippen LogP) is 1.65. The van der Waals surface area contributed by atoms with Crippen LogP contribution in [0, 0.1) is 5.92 Å². The Morgan fingerprint density at radius 2 is 2.05 bits per heavy atom. The lowest BCUT2D eigenvalue weighted by Gasteiger charge is -2.16. The molecule has 1 fully saturated rings. The third-order valence-corrected chi connectivity index (χ3v) is 5.70. The fourth-order valence-corrected chi connectivity index (χ4v) is 4.11. The highest BCUT2D eigenvalue weighted by atomic mass is 35.5. The van der Waals surface area contributed by atoms with Crippen molar-refractivity contribution in [3.63, 3.8) is 0 Å². The number of rotatable bonds is 5. The summed E-state index contributed by atoms with van der Waals surface area (Å²) >= 11 is 5.66. The minimum absolute atomic E-state index is 0.179. The Kier molecular flexibility index (Phi) is 5.24. The van der Waals surface area contributed by atoms with Crippen molar-refractivity contribution in [2.24, 2.45) is 5.92 Å². The van der Waals surface area contributed by atoms with Gasteiger partial charge in [-0.25, -0.2) is 8.42 Å². The number of hydrogen-bond acceptors (Lipinski definition) is 4. The SMILES string of the molecule is COC(=O)C1CCN(S(=O)(=O)c2ccc(CCCl)cc2)C1. The van der Waals surface area contributed by atoms with Crippen LogP contribution in [0.25, 0.3) is 0 Å². The molecule has 21 heavy (non-hydrogen) atoms. The third kappa shape index (κ3) is 3.56. The van der Waals surface area contributed by atoms with Crippen LogP contribution in [-0.4, -0.2) is 44.8 Å². The second kappa shape index (κ2) is 6.77. The molecule has 1 aliphatic rings. The van der Waals surface area contributed by atoms with Crippen molar-refractivity contribution in [3.05, 3.63) is 29.8 Å². The minimum Gasteiger partial charge on any atom is -0.469 e. The summed E-state index contributed by atoms with van der Waals surface area (Å²) in [6.07, 6.45) is 1.20. The number of methoxy groups -OCH3 is 1. The first kappa shape index (κ1) is 16.3. The summed E-state index contributed by atoms with van der Waals surface area (Å²) in [6.45, 7) is 0.518. The molecule has 1 heterocycles. The Hall–Kier alpha value is -1.11. The van der Waals surface area contributed by atoms with Gasteiger partial charge in [0, 0.05) is 19.0 Å². The average Bonchev–Trinajstić information content (AvgIpc) is 2.98. The van der Waals surface area contributed by atoms with E-state index in [1.54, 1.807) is 24.3 Å². The Balaban J connectivity index is 2.13. The fraction of sp³-hybridized carbons (Fsp3) is 0.500. The van der Waals surface area contributed by atoms with Crippen LogP contribution in [0.5, 0.6) is 0 Å². The molecule has 1 unspecified atom stereocenters. The smallest absolute Gasteiger partial charge is 0.310 e. The topological polar surface area (TPSA) is 63.7 Å². The molecule has 0 saturated carbocycles. The van der Waals surface area contributed by atoms with E-state index in [1.165, 1.54) is 11.4 Å². The summed E-state index contributed by atoms with van der Waals surface area (Å²) in [4.78, 5) is 11.7. The van der Waals surface area contributed by atoms with Gasteiger partial charge in [-0.15, -0.1) is 11.6 Å². The van der Waals surface area contributed by atoms with Crippen LogP contribution >= 0.6 is 11.6 Å². The maximum absolute atomic E-state index is 12.5. The number of esters is 1. The maximum atomic E-state index is 12.5. The van der Waals surface area contributed by atoms with E-state index >= 15 is 0 Å². The summed E-state index contributed by atoms with van der Waals surface area (Å²) < 4.78 is 31.0. The molecule has 0 aromatic heterocycles. The highest BCUT2D eigenvalue weighted by Crippen LogP contribution is 2.25. The summed E-state index contributed by atoms with van der Waals surface area (Å²) in [5, 5.41) is 0. The molecule has 0 radical (unpaired) electrons.